The van der Waals surface area contributed by atoms with Crippen molar-refractivity contribution in [1.82, 2.24) is 15.1 Å². The summed E-state index contributed by atoms with van der Waals surface area (Å²) < 4.78 is 84.5. The van der Waals surface area contributed by atoms with Gasteiger partial charge in [0.25, 0.3) is 15.9 Å². The van der Waals surface area contributed by atoms with Crippen molar-refractivity contribution in [2.75, 3.05) is 36.5 Å². The smallest absolute Gasteiger partial charge is 0.427 e. The number of aliphatic hydroxyl groups is 1. The Morgan fingerprint density at radius 3 is 2.37 bits per heavy atom. The third-order valence-electron chi connectivity index (χ3n) is 5.59. The summed E-state index contributed by atoms with van der Waals surface area (Å²) in [4.78, 5) is 21.6. The Balaban J connectivity index is 0.00000120. The number of alkyl halides is 3. The number of aliphatic hydroxyl groups excluding tert-OH is 1. The monoisotopic (exact) mass is 635 g/mol. The number of fused-ring (bicyclic) bond motifs is 1. The standard InChI is InChI=1S/C21H27F3N4O7S.C3H7NO.C2H2/c1-5-27-11-17(18(26-27)33-9-8-29)36(31,32)28-13(2)12-34-16-7-6-14(10-15(16)28)25-19(30)35-20(3,4)21(22,23)24;1-3(5)4-2;1-2/h6-7,10-11,13,29H,5,8-9,12H2,1-4H3,(H,25,30);1-2H3,(H,4,5);1-2H/t13-;;/m1../s1. The van der Waals surface area contributed by atoms with Crippen LogP contribution in [0.4, 0.5) is 29.3 Å². The molecule has 2 amide bonds. The number of rotatable bonds is 8. The van der Waals surface area contributed by atoms with E-state index in [1.165, 1.54) is 36.0 Å². The molecule has 1 aromatic carbocycles. The van der Waals surface area contributed by atoms with E-state index in [-0.39, 0.29) is 53.6 Å². The van der Waals surface area contributed by atoms with Crippen molar-refractivity contribution < 1.29 is 50.5 Å². The first kappa shape index (κ1) is 36.9. The van der Waals surface area contributed by atoms with Gasteiger partial charge in [0, 0.05) is 32.4 Å². The zero-order chi connectivity index (χ0) is 33.2. The number of anilines is 2. The number of aryl methyl sites for hydroxylation is 1. The number of hydrogen-bond donors (Lipinski definition) is 3. The normalized spacial score (nSPS) is 14.4. The maximum Gasteiger partial charge on any atom is 0.427 e. The molecule has 0 spiro atoms. The molecule has 2 heterocycles. The van der Waals surface area contributed by atoms with E-state index in [1.54, 1.807) is 20.9 Å². The summed E-state index contributed by atoms with van der Waals surface area (Å²) >= 11 is 0. The first-order chi connectivity index (χ1) is 20.0. The minimum absolute atomic E-state index is 0.00463. The number of benzene rings is 1. The van der Waals surface area contributed by atoms with E-state index in [0.717, 1.165) is 4.31 Å². The number of halogens is 3. The van der Waals surface area contributed by atoms with Crippen LogP contribution < -0.4 is 24.4 Å². The molecular weight excluding hydrogens is 599 g/mol. The highest BCUT2D eigenvalue weighted by atomic mass is 32.2. The first-order valence-corrected chi connectivity index (χ1v) is 14.1. The van der Waals surface area contributed by atoms with Crippen LogP contribution in [0.2, 0.25) is 0 Å². The molecule has 0 saturated carbocycles. The topological polar surface area (TPSA) is 161 Å². The number of ether oxygens (including phenoxy) is 3. The largest absolute Gasteiger partial charge is 0.489 e. The molecule has 1 aromatic heterocycles. The van der Waals surface area contributed by atoms with Gasteiger partial charge in [0.1, 0.15) is 19.0 Å². The van der Waals surface area contributed by atoms with Gasteiger partial charge in [-0.2, -0.15) is 13.2 Å². The number of nitrogens with one attached hydrogen (secondary N) is 2. The number of amides is 2. The summed E-state index contributed by atoms with van der Waals surface area (Å²) in [5.41, 5.74) is -2.72. The average molecular weight is 636 g/mol. The van der Waals surface area contributed by atoms with Crippen LogP contribution in [0.15, 0.2) is 29.3 Å². The molecule has 13 nitrogen and oxygen atoms in total. The fourth-order valence-corrected chi connectivity index (χ4v) is 5.00. The lowest BCUT2D eigenvalue weighted by Crippen LogP contribution is -2.45. The minimum Gasteiger partial charge on any atom is -0.489 e. The molecular formula is C26H36F3N5O8S. The Bertz CT molecular complexity index is 1380. The van der Waals surface area contributed by atoms with Gasteiger partial charge >= 0.3 is 12.3 Å². The number of hydrogen-bond acceptors (Lipinski definition) is 9. The second-order valence-electron chi connectivity index (χ2n) is 9.20. The molecule has 0 aliphatic carbocycles. The number of nitrogens with zero attached hydrogens (tertiary/aromatic N) is 3. The third kappa shape index (κ3) is 9.41. The van der Waals surface area contributed by atoms with E-state index in [9.17, 15) is 31.2 Å². The third-order valence-corrected chi connectivity index (χ3v) is 7.50. The lowest BCUT2D eigenvalue weighted by molar-refractivity contribution is -0.242. The summed E-state index contributed by atoms with van der Waals surface area (Å²) in [6, 6.07) is 3.27. The van der Waals surface area contributed by atoms with Crippen LogP contribution in [0.5, 0.6) is 11.6 Å². The molecule has 240 valence electrons. The lowest BCUT2D eigenvalue weighted by atomic mass is 10.1. The predicted octanol–water partition coefficient (Wildman–Crippen LogP) is 3.14. The van der Waals surface area contributed by atoms with E-state index >= 15 is 0 Å². The van der Waals surface area contributed by atoms with Crippen molar-refractivity contribution in [2.24, 2.45) is 0 Å². The van der Waals surface area contributed by atoms with E-state index in [4.69, 9.17) is 14.6 Å². The number of carbonyl (C=O) groups is 2. The van der Waals surface area contributed by atoms with Gasteiger partial charge in [-0.3, -0.25) is 19.1 Å². The SMILES string of the molecule is C#C.CCn1cc(S(=O)(=O)N2c3cc(NC(=O)OC(C)(C)C(F)(F)F)ccc3OC[C@H]2C)c(OCCO)n1.CNC(C)=O. The zero-order valence-electron chi connectivity index (χ0n) is 24.6. The first-order valence-electron chi connectivity index (χ1n) is 12.7. The Hall–Kier alpha value is -4.17. The minimum atomic E-state index is -4.80. The quantitative estimate of drug-likeness (QED) is 0.370. The fourth-order valence-electron chi connectivity index (χ4n) is 3.28. The number of carbonyl (C=O) groups excluding carboxylic acids is 2. The lowest BCUT2D eigenvalue weighted by Gasteiger charge is -2.35. The molecule has 1 aliphatic rings. The molecule has 0 bridgehead atoms. The zero-order valence-corrected chi connectivity index (χ0v) is 25.4. The van der Waals surface area contributed by atoms with Crippen LogP contribution in [0.25, 0.3) is 0 Å². The fraction of sp³-hybridized carbons (Fsp3) is 0.500. The number of aromatic nitrogens is 2. The van der Waals surface area contributed by atoms with Crippen LogP contribution in [-0.2, 0) is 26.1 Å². The van der Waals surface area contributed by atoms with Gasteiger partial charge in [0.05, 0.1) is 18.3 Å². The van der Waals surface area contributed by atoms with Crippen LogP contribution >= 0.6 is 0 Å². The highest BCUT2D eigenvalue weighted by molar-refractivity contribution is 7.93. The molecule has 2 aromatic rings. The summed E-state index contributed by atoms with van der Waals surface area (Å²) in [5, 5.41) is 17.8. The van der Waals surface area contributed by atoms with Gasteiger partial charge in [-0.25, -0.2) is 13.2 Å². The van der Waals surface area contributed by atoms with Crippen molar-refractivity contribution in [3.05, 3.63) is 24.4 Å². The highest BCUT2D eigenvalue weighted by Gasteiger charge is 2.51. The van der Waals surface area contributed by atoms with Gasteiger partial charge < -0.3 is 24.6 Å². The molecule has 0 unspecified atom stereocenters. The van der Waals surface area contributed by atoms with E-state index in [1.807, 2.05) is 0 Å². The molecule has 17 heteroatoms. The van der Waals surface area contributed by atoms with Crippen molar-refractivity contribution in [1.29, 1.82) is 0 Å². The molecule has 1 atom stereocenters. The molecule has 43 heavy (non-hydrogen) atoms. The predicted molar refractivity (Wildman–Crippen MR) is 151 cm³/mol. The van der Waals surface area contributed by atoms with Crippen molar-refractivity contribution in [3.63, 3.8) is 0 Å². The summed E-state index contributed by atoms with van der Waals surface area (Å²) in [5.74, 6) is -0.0182. The molecule has 0 fully saturated rings. The molecule has 0 saturated heterocycles. The average Bonchev–Trinajstić information content (AvgIpc) is 3.36. The van der Waals surface area contributed by atoms with Crippen LogP contribution in [0, 0.1) is 12.8 Å². The van der Waals surface area contributed by atoms with Crippen molar-refractivity contribution in [3.8, 4) is 24.5 Å². The maximum atomic E-state index is 13.7. The number of sulfonamides is 1. The molecule has 3 N–H and O–H groups in total. The summed E-state index contributed by atoms with van der Waals surface area (Å²) in [6.07, 6.45) is 3.12. The highest BCUT2D eigenvalue weighted by Crippen LogP contribution is 2.41. The van der Waals surface area contributed by atoms with E-state index in [0.29, 0.717) is 20.4 Å². The van der Waals surface area contributed by atoms with Gasteiger partial charge in [0.2, 0.25) is 11.5 Å². The summed E-state index contributed by atoms with van der Waals surface area (Å²) in [7, 11) is -2.70. The van der Waals surface area contributed by atoms with E-state index < -0.39 is 33.9 Å². The van der Waals surface area contributed by atoms with Crippen LogP contribution in [0.1, 0.15) is 34.6 Å². The van der Waals surface area contributed by atoms with Gasteiger partial charge in [0.15, 0.2) is 4.90 Å². The van der Waals surface area contributed by atoms with Crippen LogP contribution in [0.3, 0.4) is 0 Å². The maximum absolute atomic E-state index is 13.7. The Labute approximate surface area is 248 Å². The van der Waals surface area contributed by atoms with E-state index in [2.05, 4.69) is 33.3 Å². The van der Waals surface area contributed by atoms with Crippen molar-refractivity contribution in [2.45, 2.75) is 63.9 Å². The van der Waals surface area contributed by atoms with Gasteiger partial charge in [-0.05, 0) is 45.9 Å². The van der Waals surface area contributed by atoms with Crippen molar-refractivity contribution >= 4 is 33.4 Å². The van der Waals surface area contributed by atoms with Crippen LogP contribution in [-0.4, -0.2) is 80.0 Å². The Kier molecular flexibility index (Phi) is 13.2. The molecule has 3 rings (SSSR count). The molecule has 1 aliphatic heterocycles. The Morgan fingerprint density at radius 1 is 1.26 bits per heavy atom. The second kappa shape index (κ2) is 15.3. The second-order valence-corrected chi connectivity index (χ2v) is 11.0. The Morgan fingerprint density at radius 2 is 1.86 bits per heavy atom. The number of terminal acetylenes is 1. The summed E-state index contributed by atoms with van der Waals surface area (Å²) in [6.45, 7) is 6.06. The van der Waals surface area contributed by atoms with Gasteiger partial charge in [-0.15, -0.1) is 17.9 Å². The molecule has 0 radical (unpaired) electrons. The van der Waals surface area contributed by atoms with Gasteiger partial charge in [-0.1, -0.05) is 0 Å².